The van der Waals surface area contributed by atoms with Gasteiger partial charge in [0.25, 0.3) is 5.91 Å². The molecule has 128 valence electrons. The number of carbonyl (C=O) groups excluding carboxylic acids is 1. The molecule has 1 aliphatic rings. The summed E-state index contributed by atoms with van der Waals surface area (Å²) in [5.41, 5.74) is 1.24. The summed E-state index contributed by atoms with van der Waals surface area (Å²) in [6.45, 7) is 0.558. The summed E-state index contributed by atoms with van der Waals surface area (Å²) in [6, 6.07) is 9.20. The predicted octanol–water partition coefficient (Wildman–Crippen LogP) is 0.892. The normalized spacial score (nSPS) is 16.9. The lowest BCUT2D eigenvalue weighted by molar-refractivity contribution is 0.0933. The Morgan fingerprint density at radius 1 is 1.28 bits per heavy atom. The van der Waals surface area contributed by atoms with Crippen LogP contribution in [0.1, 0.15) is 29.0 Å². The number of rotatable bonds is 3. The maximum Gasteiger partial charge on any atom is 0.343 e. The van der Waals surface area contributed by atoms with Crippen molar-refractivity contribution in [1.82, 2.24) is 29.9 Å². The first kappa shape index (κ1) is 15.4. The summed E-state index contributed by atoms with van der Waals surface area (Å²) in [5.74, 6) is 0.634. The molecule has 0 fully saturated rings. The van der Waals surface area contributed by atoms with Gasteiger partial charge in [0.1, 0.15) is 5.82 Å². The van der Waals surface area contributed by atoms with E-state index in [1.807, 2.05) is 30.5 Å². The van der Waals surface area contributed by atoms with Gasteiger partial charge >= 0.3 is 5.69 Å². The lowest BCUT2D eigenvalue weighted by atomic mass is 10.1. The van der Waals surface area contributed by atoms with E-state index in [0.29, 0.717) is 24.9 Å². The Kier molecular flexibility index (Phi) is 3.93. The molecule has 0 bridgehead atoms. The summed E-state index contributed by atoms with van der Waals surface area (Å²) in [5, 5.41) is 13.8. The van der Waals surface area contributed by atoms with Crippen LogP contribution in [0.15, 0.2) is 47.5 Å². The summed E-state index contributed by atoms with van der Waals surface area (Å²) in [6.07, 6.45) is 5.66. The number of aromatic nitrogens is 5. The molecule has 2 N–H and O–H groups in total. The average molecular weight is 338 g/mol. The van der Waals surface area contributed by atoms with E-state index in [9.17, 15) is 9.59 Å². The van der Waals surface area contributed by atoms with Gasteiger partial charge in [0, 0.05) is 37.0 Å². The molecule has 3 heterocycles. The average Bonchev–Trinajstić information content (AvgIpc) is 3.23. The van der Waals surface area contributed by atoms with E-state index in [1.54, 1.807) is 21.5 Å². The quantitative estimate of drug-likeness (QED) is 0.741. The number of nitrogens with one attached hydrogen (secondary N) is 2. The zero-order valence-electron chi connectivity index (χ0n) is 13.6. The molecule has 8 nitrogen and oxygen atoms in total. The molecule has 1 aromatic carbocycles. The second-order valence-corrected chi connectivity index (χ2v) is 6.10. The summed E-state index contributed by atoms with van der Waals surface area (Å²) in [4.78, 5) is 24.3. The van der Waals surface area contributed by atoms with E-state index >= 15 is 0 Å². The third-order valence-corrected chi connectivity index (χ3v) is 4.47. The molecule has 4 rings (SSSR count). The standard InChI is InChI=1S/C17H18N6O2/c24-16(12-3-1-4-14(11-12)23-9-2-8-18-23)19-13-5-6-15-20-21-17(25)22(15)10-7-13/h1-4,8-9,11,13H,5-7,10H2,(H,19,24)(H,21,25). The molecule has 0 spiro atoms. The van der Waals surface area contributed by atoms with Gasteiger partial charge in [-0.15, -0.1) is 0 Å². The molecule has 2 aromatic heterocycles. The van der Waals surface area contributed by atoms with Crippen LogP contribution in [-0.4, -0.2) is 36.5 Å². The number of hydrogen-bond donors (Lipinski definition) is 2. The van der Waals surface area contributed by atoms with Gasteiger partial charge in [-0.25, -0.2) is 14.6 Å². The Morgan fingerprint density at radius 3 is 3.04 bits per heavy atom. The maximum atomic E-state index is 12.6. The van der Waals surface area contributed by atoms with Crippen LogP contribution in [0.5, 0.6) is 0 Å². The zero-order valence-corrected chi connectivity index (χ0v) is 13.6. The number of amides is 1. The minimum absolute atomic E-state index is 0.0157. The first-order valence-electron chi connectivity index (χ1n) is 8.26. The monoisotopic (exact) mass is 338 g/mol. The van der Waals surface area contributed by atoms with Crippen molar-refractivity contribution >= 4 is 5.91 Å². The highest BCUT2D eigenvalue weighted by atomic mass is 16.2. The van der Waals surface area contributed by atoms with Crippen molar-refractivity contribution in [3.8, 4) is 5.69 Å². The SMILES string of the molecule is O=C(NC1CCc2n[nH]c(=O)n2CC1)c1cccc(-n2cccn2)c1. The molecule has 0 saturated heterocycles. The first-order valence-corrected chi connectivity index (χ1v) is 8.26. The number of H-pyrrole nitrogens is 1. The minimum Gasteiger partial charge on any atom is -0.349 e. The van der Waals surface area contributed by atoms with Crippen LogP contribution < -0.4 is 11.0 Å². The number of aromatic amines is 1. The van der Waals surface area contributed by atoms with Gasteiger partial charge in [-0.3, -0.25) is 9.36 Å². The zero-order chi connectivity index (χ0) is 17.2. The van der Waals surface area contributed by atoms with Crippen molar-refractivity contribution in [3.63, 3.8) is 0 Å². The van der Waals surface area contributed by atoms with Crippen LogP contribution in [0, 0.1) is 0 Å². The fraction of sp³-hybridized carbons (Fsp3) is 0.294. The summed E-state index contributed by atoms with van der Waals surface area (Å²) in [7, 11) is 0. The molecule has 0 saturated carbocycles. The van der Waals surface area contributed by atoms with E-state index < -0.39 is 0 Å². The fourth-order valence-corrected chi connectivity index (χ4v) is 3.13. The highest BCUT2D eigenvalue weighted by Crippen LogP contribution is 2.14. The molecule has 3 aromatic rings. The second kappa shape index (κ2) is 6.39. The van der Waals surface area contributed by atoms with Crippen LogP contribution in [0.2, 0.25) is 0 Å². The molecule has 8 heteroatoms. The lowest BCUT2D eigenvalue weighted by Gasteiger charge is -2.16. The highest BCUT2D eigenvalue weighted by Gasteiger charge is 2.20. The van der Waals surface area contributed by atoms with Gasteiger partial charge in [0.05, 0.1) is 5.69 Å². The van der Waals surface area contributed by atoms with Gasteiger partial charge in [-0.05, 0) is 37.1 Å². The molecule has 1 amide bonds. The number of fused-ring (bicyclic) bond motifs is 1. The largest absolute Gasteiger partial charge is 0.349 e. The van der Waals surface area contributed by atoms with Crippen LogP contribution in [-0.2, 0) is 13.0 Å². The molecule has 1 atom stereocenters. The third-order valence-electron chi connectivity index (χ3n) is 4.47. The van der Waals surface area contributed by atoms with Crippen LogP contribution in [0.4, 0.5) is 0 Å². The number of hydrogen-bond acceptors (Lipinski definition) is 4. The molecule has 25 heavy (non-hydrogen) atoms. The number of carbonyl (C=O) groups is 1. The predicted molar refractivity (Wildman–Crippen MR) is 90.6 cm³/mol. The van der Waals surface area contributed by atoms with Gasteiger partial charge < -0.3 is 5.32 Å². The number of nitrogens with zero attached hydrogens (tertiary/aromatic N) is 4. The maximum absolute atomic E-state index is 12.6. The van der Waals surface area contributed by atoms with Crippen LogP contribution >= 0.6 is 0 Å². The molecule has 1 unspecified atom stereocenters. The van der Waals surface area contributed by atoms with E-state index in [2.05, 4.69) is 20.6 Å². The first-order chi connectivity index (χ1) is 12.2. The smallest absolute Gasteiger partial charge is 0.343 e. The van der Waals surface area contributed by atoms with E-state index in [0.717, 1.165) is 17.9 Å². The van der Waals surface area contributed by atoms with Crippen molar-refractivity contribution < 1.29 is 4.79 Å². The van der Waals surface area contributed by atoms with Crippen molar-refractivity contribution in [2.24, 2.45) is 0 Å². The minimum atomic E-state index is -0.186. The Balaban J connectivity index is 1.46. The molecule has 1 aliphatic heterocycles. The molecular weight excluding hydrogens is 320 g/mol. The molecule has 0 aliphatic carbocycles. The van der Waals surface area contributed by atoms with Gasteiger partial charge in [-0.1, -0.05) is 6.07 Å². The van der Waals surface area contributed by atoms with E-state index in [-0.39, 0.29) is 17.6 Å². The van der Waals surface area contributed by atoms with Crippen molar-refractivity contribution in [2.45, 2.75) is 31.8 Å². The number of benzene rings is 1. The molecule has 0 radical (unpaired) electrons. The second-order valence-electron chi connectivity index (χ2n) is 6.10. The highest BCUT2D eigenvalue weighted by molar-refractivity contribution is 5.94. The van der Waals surface area contributed by atoms with Gasteiger partial charge in [0.15, 0.2) is 0 Å². The van der Waals surface area contributed by atoms with Crippen LogP contribution in [0.25, 0.3) is 5.69 Å². The fourth-order valence-electron chi connectivity index (χ4n) is 3.13. The number of aryl methyl sites for hydroxylation is 1. The van der Waals surface area contributed by atoms with E-state index in [4.69, 9.17) is 0 Å². The van der Waals surface area contributed by atoms with Crippen molar-refractivity contribution in [3.05, 3.63) is 64.6 Å². The Bertz CT molecular complexity index is 940. The summed E-state index contributed by atoms with van der Waals surface area (Å²) < 4.78 is 3.36. The Morgan fingerprint density at radius 2 is 2.20 bits per heavy atom. The summed E-state index contributed by atoms with van der Waals surface area (Å²) >= 11 is 0. The van der Waals surface area contributed by atoms with E-state index in [1.165, 1.54) is 0 Å². The van der Waals surface area contributed by atoms with Gasteiger partial charge in [0.2, 0.25) is 0 Å². The lowest BCUT2D eigenvalue weighted by Crippen LogP contribution is -2.35. The Labute approximate surface area is 143 Å². The Hall–Kier alpha value is -3.16. The van der Waals surface area contributed by atoms with Crippen molar-refractivity contribution in [2.75, 3.05) is 0 Å². The third kappa shape index (κ3) is 3.10. The van der Waals surface area contributed by atoms with Gasteiger partial charge in [-0.2, -0.15) is 10.2 Å². The van der Waals surface area contributed by atoms with Crippen LogP contribution in [0.3, 0.4) is 0 Å². The topological polar surface area (TPSA) is 97.6 Å². The molecular formula is C17H18N6O2. The van der Waals surface area contributed by atoms with Crippen molar-refractivity contribution in [1.29, 1.82) is 0 Å².